The molecule has 29 heavy (non-hydrogen) atoms. The van der Waals surface area contributed by atoms with Gasteiger partial charge in [0.15, 0.2) is 0 Å². The van der Waals surface area contributed by atoms with E-state index in [2.05, 4.69) is 30.0 Å². The predicted molar refractivity (Wildman–Crippen MR) is 115 cm³/mol. The Morgan fingerprint density at radius 2 is 1.62 bits per heavy atom. The Morgan fingerprint density at radius 3 is 2.45 bits per heavy atom. The molecule has 138 valence electrons. The van der Waals surface area contributed by atoms with Crippen LogP contribution in [0.15, 0.2) is 89.9 Å². The molecule has 0 aliphatic carbocycles. The van der Waals surface area contributed by atoms with Gasteiger partial charge in [-0.25, -0.2) is 0 Å². The van der Waals surface area contributed by atoms with Crippen molar-refractivity contribution in [3.8, 4) is 17.9 Å². The average Bonchev–Trinajstić information content (AvgIpc) is 2.75. The lowest BCUT2D eigenvalue weighted by Gasteiger charge is -2.08. The molecule has 0 amide bonds. The molecule has 1 heterocycles. The fraction of sp³-hybridized carbons (Fsp3) is 0.0769. The lowest BCUT2D eigenvalue weighted by molar-refractivity contribution is 0.766. The highest BCUT2D eigenvalue weighted by molar-refractivity contribution is 5.83. The summed E-state index contributed by atoms with van der Waals surface area (Å²) in [5.41, 5.74) is 3.55. The van der Waals surface area contributed by atoms with Gasteiger partial charge in [0.1, 0.15) is 0 Å². The summed E-state index contributed by atoms with van der Waals surface area (Å²) in [5, 5.41) is 10.9. The van der Waals surface area contributed by atoms with Gasteiger partial charge in [0.05, 0.1) is 18.2 Å². The Hall–Kier alpha value is -4.08. The molecule has 0 aliphatic heterocycles. The zero-order chi connectivity index (χ0) is 20.1. The van der Waals surface area contributed by atoms with Crippen LogP contribution in [0.3, 0.4) is 0 Å². The van der Waals surface area contributed by atoms with Gasteiger partial charge in [0.25, 0.3) is 5.56 Å². The Bertz CT molecular complexity index is 1330. The third kappa shape index (κ3) is 4.43. The first-order chi connectivity index (χ1) is 14.2. The Labute approximate surface area is 169 Å². The van der Waals surface area contributed by atoms with Crippen LogP contribution in [0.1, 0.15) is 22.3 Å². The zero-order valence-electron chi connectivity index (χ0n) is 15.8. The number of aromatic nitrogens is 1. The highest BCUT2D eigenvalue weighted by Crippen LogP contribution is 2.15. The lowest BCUT2D eigenvalue weighted by atomic mass is 10.1. The number of fused-ring (bicyclic) bond motifs is 1. The van der Waals surface area contributed by atoms with E-state index in [1.54, 1.807) is 16.7 Å². The molecular formula is C26H18N2O. The molecule has 0 saturated heterocycles. The Balaban J connectivity index is 1.62. The summed E-state index contributed by atoms with van der Waals surface area (Å²) >= 11 is 0. The third-order valence-electron chi connectivity index (χ3n) is 4.72. The number of benzene rings is 3. The fourth-order valence-corrected chi connectivity index (χ4v) is 3.25. The molecule has 1 aromatic heterocycles. The van der Waals surface area contributed by atoms with Gasteiger partial charge in [0.2, 0.25) is 0 Å². The van der Waals surface area contributed by atoms with Gasteiger partial charge in [-0.05, 0) is 46.2 Å². The second-order valence-corrected chi connectivity index (χ2v) is 6.86. The van der Waals surface area contributed by atoms with Crippen molar-refractivity contribution in [1.29, 1.82) is 5.26 Å². The van der Waals surface area contributed by atoms with Crippen molar-refractivity contribution in [3.63, 3.8) is 0 Å². The van der Waals surface area contributed by atoms with Crippen LogP contribution in [0.2, 0.25) is 0 Å². The van der Waals surface area contributed by atoms with Crippen LogP contribution in [-0.2, 0) is 13.0 Å². The molecule has 0 atom stereocenters. The highest BCUT2D eigenvalue weighted by Gasteiger charge is 2.03. The van der Waals surface area contributed by atoms with Crippen LogP contribution in [0.5, 0.6) is 0 Å². The molecule has 0 radical (unpaired) electrons. The number of pyridine rings is 1. The van der Waals surface area contributed by atoms with Crippen molar-refractivity contribution in [2.75, 3.05) is 0 Å². The summed E-state index contributed by atoms with van der Waals surface area (Å²) < 4.78 is 1.67. The summed E-state index contributed by atoms with van der Waals surface area (Å²) in [7, 11) is 0. The Morgan fingerprint density at radius 1 is 0.793 bits per heavy atom. The van der Waals surface area contributed by atoms with E-state index in [-0.39, 0.29) is 5.56 Å². The van der Waals surface area contributed by atoms with E-state index < -0.39 is 0 Å². The SMILES string of the molecule is N#Cc1cccc(Cn2cc3cc(C#CCc4ccccc4)ccc3cc2=O)c1. The molecule has 4 aromatic rings. The van der Waals surface area contributed by atoms with E-state index in [0.717, 1.165) is 21.9 Å². The summed E-state index contributed by atoms with van der Waals surface area (Å²) in [6, 6.07) is 27.1. The summed E-state index contributed by atoms with van der Waals surface area (Å²) in [5.74, 6) is 6.42. The van der Waals surface area contributed by atoms with E-state index in [4.69, 9.17) is 5.26 Å². The van der Waals surface area contributed by atoms with Gasteiger partial charge in [-0.1, -0.05) is 60.4 Å². The molecule has 3 nitrogen and oxygen atoms in total. The van der Waals surface area contributed by atoms with Crippen molar-refractivity contribution >= 4 is 10.8 Å². The molecule has 0 spiro atoms. The summed E-state index contributed by atoms with van der Waals surface area (Å²) in [6.07, 6.45) is 2.56. The Kier molecular flexibility index (Phi) is 5.23. The first kappa shape index (κ1) is 18.3. The van der Waals surface area contributed by atoms with Crippen molar-refractivity contribution in [2.45, 2.75) is 13.0 Å². The van der Waals surface area contributed by atoms with Gasteiger partial charge in [0, 0.05) is 24.2 Å². The van der Waals surface area contributed by atoms with Crippen molar-refractivity contribution < 1.29 is 0 Å². The second-order valence-electron chi connectivity index (χ2n) is 6.86. The van der Waals surface area contributed by atoms with E-state index in [1.165, 1.54) is 5.56 Å². The molecule has 0 N–H and O–H groups in total. The molecule has 0 aliphatic rings. The first-order valence-electron chi connectivity index (χ1n) is 9.37. The highest BCUT2D eigenvalue weighted by atomic mass is 16.1. The summed E-state index contributed by atoms with van der Waals surface area (Å²) in [4.78, 5) is 12.5. The van der Waals surface area contributed by atoms with E-state index in [9.17, 15) is 4.79 Å². The lowest BCUT2D eigenvalue weighted by Crippen LogP contribution is -2.19. The first-order valence-corrected chi connectivity index (χ1v) is 9.37. The van der Waals surface area contributed by atoms with Crippen LogP contribution >= 0.6 is 0 Å². The van der Waals surface area contributed by atoms with Crippen LogP contribution in [0.4, 0.5) is 0 Å². The minimum Gasteiger partial charge on any atom is -0.310 e. The second kappa shape index (κ2) is 8.30. The third-order valence-corrected chi connectivity index (χ3v) is 4.72. The number of hydrogen-bond acceptors (Lipinski definition) is 2. The van der Waals surface area contributed by atoms with Crippen molar-refractivity contribution in [1.82, 2.24) is 4.57 Å². The van der Waals surface area contributed by atoms with E-state index >= 15 is 0 Å². The molecule has 4 rings (SSSR count). The van der Waals surface area contributed by atoms with Crippen molar-refractivity contribution in [3.05, 3.63) is 118 Å². The predicted octanol–water partition coefficient (Wildman–Crippen LogP) is 4.52. The minimum absolute atomic E-state index is 0.0669. The van der Waals surface area contributed by atoms with Gasteiger partial charge >= 0.3 is 0 Å². The maximum Gasteiger partial charge on any atom is 0.251 e. The van der Waals surface area contributed by atoms with E-state index in [0.29, 0.717) is 18.5 Å². The number of nitriles is 1. The van der Waals surface area contributed by atoms with E-state index in [1.807, 2.05) is 60.8 Å². The fourth-order valence-electron chi connectivity index (χ4n) is 3.25. The maximum absolute atomic E-state index is 12.5. The normalized spacial score (nSPS) is 10.2. The van der Waals surface area contributed by atoms with Crippen LogP contribution in [0, 0.1) is 23.2 Å². The van der Waals surface area contributed by atoms with Gasteiger partial charge in [-0.15, -0.1) is 0 Å². The topological polar surface area (TPSA) is 45.8 Å². The van der Waals surface area contributed by atoms with Crippen LogP contribution in [0.25, 0.3) is 10.8 Å². The maximum atomic E-state index is 12.5. The van der Waals surface area contributed by atoms with Gasteiger partial charge < -0.3 is 4.57 Å². The number of rotatable bonds is 3. The quantitative estimate of drug-likeness (QED) is 0.495. The number of hydrogen-bond donors (Lipinski definition) is 0. The molecule has 3 heteroatoms. The standard InChI is InChI=1S/C26H18N2O/c27-17-22-10-5-11-23(14-22)18-28-19-25-15-21(12-13-24(25)16-26(28)29)9-4-8-20-6-2-1-3-7-20/h1-3,5-7,10-16,19H,8,18H2. The molecular weight excluding hydrogens is 356 g/mol. The zero-order valence-corrected chi connectivity index (χ0v) is 15.8. The van der Waals surface area contributed by atoms with Gasteiger partial charge in [-0.2, -0.15) is 5.26 Å². The molecule has 0 bridgehead atoms. The molecule has 3 aromatic carbocycles. The van der Waals surface area contributed by atoms with Crippen LogP contribution in [-0.4, -0.2) is 4.57 Å². The molecule has 0 unspecified atom stereocenters. The monoisotopic (exact) mass is 374 g/mol. The van der Waals surface area contributed by atoms with Gasteiger partial charge in [-0.3, -0.25) is 4.79 Å². The largest absolute Gasteiger partial charge is 0.310 e. The average molecular weight is 374 g/mol. The molecule has 0 saturated carbocycles. The van der Waals surface area contributed by atoms with Crippen LogP contribution < -0.4 is 5.56 Å². The smallest absolute Gasteiger partial charge is 0.251 e. The summed E-state index contributed by atoms with van der Waals surface area (Å²) in [6.45, 7) is 0.425. The molecule has 0 fully saturated rings. The van der Waals surface area contributed by atoms with Crippen molar-refractivity contribution in [2.24, 2.45) is 0 Å². The minimum atomic E-state index is -0.0669. The number of nitrogens with zero attached hydrogens (tertiary/aromatic N) is 2.